The highest BCUT2D eigenvalue weighted by molar-refractivity contribution is 6.07. The van der Waals surface area contributed by atoms with Crippen molar-refractivity contribution in [1.29, 1.82) is 0 Å². The normalized spacial score (nSPS) is 10.6. The Kier molecular flexibility index (Phi) is 2.86. The Bertz CT molecular complexity index is 504. The summed E-state index contributed by atoms with van der Waals surface area (Å²) in [6, 6.07) is 9.08. The number of ketones is 2. The average molecular weight is 216 g/mol. The van der Waals surface area contributed by atoms with Crippen molar-refractivity contribution in [3.63, 3.8) is 0 Å². The van der Waals surface area contributed by atoms with Crippen LogP contribution in [0, 0.1) is 0 Å². The molecule has 0 saturated heterocycles. The first-order valence-corrected chi connectivity index (χ1v) is 5.24. The zero-order valence-electron chi connectivity index (χ0n) is 9.03. The van der Waals surface area contributed by atoms with Gasteiger partial charge in [-0.15, -0.1) is 0 Å². The predicted octanol–water partition coefficient (Wildman–Crippen LogP) is 2.98. The molecule has 0 aliphatic carbocycles. The molecule has 0 bridgehead atoms. The van der Waals surface area contributed by atoms with Crippen molar-refractivity contribution in [2.24, 2.45) is 0 Å². The summed E-state index contributed by atoms with van der Waals surface area (Å²) >= 11 is 0. The summed E-state index contributed by atoms with van der Waals surface area (Å²) in [7, 11) is 0. The van der Waals surface area contributed by atoms with Crippen LogP contribution in [0.2, 0.25) is 0 Å². The Morgan fingerprint density at radius 1 is 1.25 bits per heavy atom. The van der Waals surface area contributed by atoms with Crippen LogP contribution in [-0.4, -0.2) is 11.6 Å². The second-order valence-electron chi connectivity index (χ2n) is 3.64. The molecule has 1 aromatic heterocycles. The van der Waals surface area contributed by atoms with Gasteiger partial charge in [-0.3, -0.25) is 9.59 Å². The molecule has 0 saturated carbocycles. The van der Waals surface area contributed by atoms with Gasteiger partial charge in [0, 0.05) is 11.8 Å². The van der Waals surface area contributed by atoms with E-state index in [0.717, 1.165) is 5.39 Å². The second kappa shape index (κ2) is 4.31. The Balaban J connectivity index is 2.26. The van der Waals surface area contributed by atoms with Crippen LogP contribution >= 0.6 is 0 Å². The summed E-state index contributed by atoms with van der Waals surface area (Å²) in [5.74, 6) is -0.0449. The molecule has 0 aliphatic heterocycles. The number of hydrogen-bond donors (Lipinski definition) is 0. The lowest BCUT2D eigenvalue weighted by Gasteiger charge is -1.93. The van der Waals surface area contributed by atoms with Gasteiger partial charge >= 0.3 is 0 Å². The Labute approximate surface area is 93.1 Å². The summed E-state index contributed by atoms with van der Waals surface area (Å²) in [5, 5.41) is 0.884. The molecule has 1 aromatic carbocycles. The molecule has 0 fully saturated rings. The van der Waals surface area contributed by atoms with Gasteiger partial charge in [-0.05, 0) is 12.1 Å². The van der Waals surface area contributed by atoms with E-state index in [9.17, 15) is 9.59 Å². The summed E-state index contributed by atoms with van der Waals surface area (Å²) in [6.07, 6.45) is 0.308. The maximum absolute atomic E-state index is 11.7. The third kappa shape index (κ3) is 2.03. The van der Waals surface area contributed by atoms with E-state index < -0.39 is 0 Å². The lowest BCUT2D eigenvalue weighted by atomic mass is 10.1. The van der Waals surface area contributed by atoms with E-state index in [1.807, 2.05) is 18.2 Å². The summed E-state index contributed by atoms with van der Waals surface area (Å²) in [5.41, 5.74) is 0.676. The highest BCUT2D eigenvalue weighted by atomic mass is 16.3. The molecule has 82 valence electrons. The van der Waals surface area contributed by atoms with E-state index in [-0.39, 0.29) is 23.7 Å². The molecule has 0 N–H and O–H groups in total. The molecule has 0 aliphatic rings. The van der Waals surface area contributed by atoms with E-state index in [0.29, 0.717) is 12.0 Å². The van der Waals surface area contributed by atoms with Crippen LogP contribution in [0.4, 0.5) is 0 Å². The molecule has 1 heterocycles. The fourth-order valence-corrected chi connectivity index (χ4v) is 1.51. The minimum absolute atomic E-state index is 0.0644. The minimum Gasteiger partial charge on any atom is -0.453 e. The van der Waals surface area contributed by atoms with E-state index in [2.05, 4.69) is 0 Å². The smallest absolute Gasteiger partial charge is 0.205 e. The van der Waals surface area contributed by atoms with Crippen molar-refractivity contribution < 1.29 is 14.0 Å². The van der Waals surface area contributed by atoms with Crippen LogP contribution < -0.4 is 0 Å². The number of rotatable bonds is 4. The Morgan fingerprint density at radius 2 is 2.00 bits per heavy atom. The number of carbonyl (C=O) groups is 2. The highest BCUT2D eigenvalue weighted by Crippen LogP contribution is 2.19. The number of Topliss-reactive ketones (excluding diaryl/α,β-unsaturated/α-hetero) is 2. The van der Waals surface area contributed by atoms with E-state index in [4.69, 9.17) is 4.42 Å². The molecule has 0 spiro atoms. The number of benzene rings is 1. The van der Waals surface area contributed by atoms with Gasteiger partial charge in [-0.25, -0.2) is 0 Å². The van der Waals surface area contributed by atoms with Crippen LogP contribution in [0.5, 0.6) is 0 Å². The standard InChI is InChI=1S/C13H12O3/c1-2-10(14)8-11(15)13-7-9-5-3-4-6-12(9)16-13/h3-7H,2,8H2,1H3. The fourth-order valence-electron chi connectivity index (χ4n) is 1.51. The van der Waals surface area contributed by atoms with Gasteiger partial charge in [-0.1, -0.05) is 25.1 Å². The van der Waals surface area contributed by atoms with Crippen molar-refractivity contribution in [2.75, 3.05) is 0 Å². The van der Waals surface area contributed by atoms with Crippen molar-refractivity contribution in [1.82, 2.24) is 0 Å². The first kappa shape index (κ1) is 10.6. The van der Waals surface area contributed by atoms with Gasteiger partial charge in [0.2, 0.25) is 5.78 Å². The van der Waals surface area contributed by atoms with Gasteiger partial charge in [0.15, 0.2) is 5.76 Å². The quantitative estimate of drug-likeness (QED) is 0.583. The first-order chi connectivity index (χ1) is 7.70. The lowest BCUT2D eigenvalue weighted by Crippen LogP contribution is -2.05. The SMILES string of the molecule is CCC(=O)CC(=O)c1cc2ccccc2o1. The molecule has 3 heteroatoms. The highest BCUT2D eigenvalue weighted by Gasteiger charge is 2.14. The van der Waals surface area contributed by atoms with E-state index in [1.165, 1.54) is 0 Å². The second-order valence-corrected chi connectivity index (χ2v) is 3.64. The number of fused-ring (bicyclic) bond motifs is 1. The van der Waals surface area contributed by atoms with Gasteiger partial charge in [0.05, 0.1) is 6.42 Å². The molecule has 16 heavy (non-hydrogen) atoms. The minimum atomic E-state index is -0.247. The van der Waals surface area contributed by atoms with E-state index >= 15 is 0 Å². The maximum atomic E-state index is 11.7. The monoisotopic (exact) mass is 216 g/mol. The molecule has 2 aromatic rings. The zero-order chi connectivity index (χ0) is 11.5. The molecule has 0 unspecified atom stereocenters. The van der Waals surface area contributed by atoms with Gasteiger partial charge in [0.1, 0.15) is 11.4 Å². The Morgan fingerprint density at radius 3 is 2.69 bits per heavy atom. The molecular weight excluding hydrogens is 204 g/mol. The summed E-state index contributed by atoms with van der Waals surface area (Å²) in [4.78, 5) is 22.8. The number of hydrogen-bond acceptors (Lipinski definition) is 3. The summed E-state index contributed by atoms with van der Waals surface area (Å²) < 4.78 is 5.37. The number of furan rings is 1. The van der Waals surface area contributed by atoms with Crippen molar-refractivity contribution in [3.8, 4) is 0 Å². The Hall–Kier alpha value is -1.90. The van der Waals surface area contributed by atoms with Crippen LogP contribution in [0.3, 0.4) is 0 Å². The third-order valence-corrected chi connectivity index (χ3v) is 2.45. The van der Waals surface area contributed by atoms with Gasteiger partial charge < -0.3 is 4.42 Å². The zero-order valence-corrected chi connectivity index (χ0v) is 9.03. The molecule has 0 amide bonds. The van der Waals surface area contributed by atoms with Crippen LogP contribution in [-0.2, 0) is 4.79 Å². The van der Waals surface area contributed by atoms with Crippen LogP contribution in [0.1, 0.15) is 30.3 Å². The maximum Gasteiger partial charge on any atom is 0.205 e. The van der Waals surface area contributed by atoms with E-state index in [1.54, 1.807) is 19.1 Å². The number of carbonyl (C=O) groups excluding carboxylic acids is 2. The molecular formula is C13H12O3. The molecule has 0 atom stereocenters. The van der Waals surface area contributed by atoms with Gasteiger partial charge in [-0.2, -0.15) is 0 Å². The van der Waals surface area contributed by atoms with Gasteiger partial charge in [0.25, 0.3) is 0 Å². The van der Waals surface area contributed by atoms with Crippen molar-refractivity contribution in [3.05, 3.63) is 36.1 Å². The number of para-hydroxylation sites is 1. The summed E-state index contributed by atoms with van der Waals surface area (Å²) in [6.45, 7) is 1.74. The first-order valence-electron chi connectivity index (χ1n) is 5.24. The topological polar surface area (TPSA) is 47.3 Å². The lowest BCUT2D eigenvalue weighted by molar-refractivity contribution is -0.117. The molecule has 3 nitrogen and oxygen atoms in total. The third-order valence-electron chi connectivity index (χ3n) is 2.45. The van der Waals surface area contributed by atoms with Crippen LogP contribution in [0.25, 0.3) is 11.0 Å². The van der Waals surface area contributed by atoms with Crippen LogP contribution in [0.15, 0.2) is 34.7 Å². The molecule has 0 radical (unpaired) electrons. The van der Waals surface area contributed by atoms with Crippen molar-refractivity contribution in [2.45, 2.75) is 19.8 Å². The average Bonchev–Trinajstić information content (AvgIpc) is 2.72. The van der Waals surface area contributed by atoms with Crippen molar-refractivity contribution >= 4 is 22.5 Å². The predicted molar refractivity (Wildman–Crippen MR) is 60.5 cm³/mol. The largest absolute Gasteiger partial charge is 0.453 e. The molecule has 2 rings (SSSR count). The fraction of sp³-hybridized carbons (Fsp3) is 0.231.